The normalized spacial score (nSPS) is 15.2. The standard InChI is InChI=1S/C22H23N3O2/c1-16-14-20(18-8-5-9-19(22(26)27)21(18)23-16)25-12-10-24(11-13-25)15-17-6-3-2-4-7-17/h2-9,14H,10-13,15H2,1H3,(H,26,27). The number of fused-ring (bicyclic) bond motifs is 1. The Kier molecular flexibility index (Phi) is 4.77. The number of carboxylic acid groups (broad SMARTS) is 1. The van der Waals surface area contributed by atoms with Gasteiger partial charge in [-0.05, 0) is 24.6 Å². The van der Waals surface area contributed by atoms with Crippen molar-refractivity contribution in [3.05, 3.63) is 71.4 Å². The van der Waals surface area contributed by atoms with Crippen LogP contribution in [0.5, 0.6) is 0 Å². The van der Waals surface area contributed by atoms with Gasteiger partial charge in [-0.25, -0.2) is 4.79 Å². The maximum absolute atomic E-state index is 11.6. The van der Waals surface area contributed by atoms with Crippen LogP contribution in [-0.4, -0.2) is 47.1 Å². The predicted octanol–water partition coefficient (Wildman–Crippen LogP) is 3.56. The smallest absolute Gasteiger partial charge is 0.337 e. The van der Waals surface area contributed by atoms with E-state index < -0.39 is 5.97 Å². The topological polar surface area (TPSA) is 56.7 Å². The van der Waals surface area contributed by atoms with Crippen molar-refractivity contribution in [2.24, 2.45) is 0 Å². The van der Waals surface area contributed by atoms with Gasteiger partial charge in [-0.3, -0.25) is 9.88 Å². The van der Waals surface area contributed by atoms with Crippen LogP contribution in [0.3, 0.4) is 0 Å². The van der Waals surface area contributed by atoms with Crippen LogP contribution < -0.4 is 4.90 Å². The molecule has 138 valence electrons. The SMILES string of the molecule is Cc1cc(N2CCN(Cc3ccccc3)CC2)c2cccc(C(=O)O)c2n1. The summed E-state index contributed by atoms with van der Waals surface area (Å²) in [5.41, 5.74) is 4.10. The van der Waals surface area contributed by atoms with E-state index >= 15 is 0 Å². The molecular weight excluding hydrogens is 338 g/mol. The first-order chi connectivity index (χ1) is 13.1. The van der Waals surface area contributed by atoms with Crippen LogP contribution >= 0.6 is 0 Å². The highest BCUT2D eigenvalue weighted by molar-refractivity contribution is 6.05. The zero-order valence-electron chi connectivity index (χ0n) is 15.4. The van der Waals surface area contributed by atoms with E-state index in [0.717, 1.165) is 49.5 Å². The number of nitrogens with zero attached hydrogens (tertiary/aromatic N) is 3. The van der Waals surface area contributed by atoms with Crippen molar-refractivity contribution in [1.29, 1.82) is 0 Å². The van der Waals surface area contributed by atoms with Crippen molar-refractivity contribution in [3.63, 3.8) is 0 Å². The van der Waals surface area contributed by atoms with E-state index in [-0.39, 0.29) is 5.56 Å². The van der Waals surface area contributed by atoms with Crippen molar-refractivity contribution in [1.82, 2.24) is 9.88 Å². The van der Waals surface area contributed by atoms with E-state index in [4.69, 9.17) is 0 Å². The Labute approximate surface area is 158 Å². The molecule has 0 bridgehead atoms. The number of carboxylic acids is 1. The van der Waals surface area contributed by atoms with E-state index in [1.165, 1.54) is 5.56 Å². The van der Waals surface area contributed by atoms with Crippen LogP contribution in [0.25, 0.3) is 10.9 Å². The molecule has 4 rings (SSSR count). The molecule has 5 nitrogen and oxygen atoms in total. The second kappa shape index (κ2) is 7.37. The monoisotopic (exact) mass is 361 g/mol. The number of pyridine rings is 1. The van der Waals surface area contributed by atoms with Crippen LogP contribution in [0.2, 0.25) is 0 Å². The number of aromatic nitrogens is 1. The minimum atomic E-state index is -0.933. The minimum absolute atomic E-state index is 0.264. The molecule has 1 saturated heterocycles. The van der Waals surface area contributed by atoms with Gasteiger partial charge in [0.25, 0.3) is 0 Å². The van der Waals surface area contributed by atoms with Gasteiger partial charge in [-0.1, -0.05) is 42.5 Å². The molecule has 1 aliphatic rings. The van der Waals surface area contributed by atoms with Crippen LogP contribution in [0.4, 0.5) is 5.69 Å². The van der Waals surface area contributed by atoms with Gasteiger partial charge in [0, 0.05) is 49.5 Å². The fourth-order valence-corrected chi connectivity index (χ4v) is 3.78. The van der Waals surface area contributed by atoms with Crippen LogP contribution in [0, 0.1) is 6.92 Å². The van der Waals surface area contributed by atoms with Gasteiger partial charge in [0.05, 0.1) is 11.1 Å². The molecule has 1 aromatic heterocycles. The largest absolute Gasteiger partial charge is 0.478 e. The second-order valence-corrected chi connectivity index (χ2v) is 7.04. The number of aromatic carboxylic acids is 1. The molecule has 0 unspecified atom stereocenters. The molecule has 27 heavy (non-hydrogen) atoms. The highest BCUT2D eigenvalue weighted by Crippen LogP contribution is 2.29. The lowest BCUT2D eigenvalue weighted by molar-refractivity contribution is 0.0699. The Hall–Kier alpha value is -2.92. The Morgan fingerprint density at radius 2 is 1.78 bits per heavy atom. The lowest BCUT2D eigenvalue weighted by Gasteiger charge is -2.36. The minimum Gasteiger partial charge on any atom is -0.478 e. The highest BCUT2D eigenvalue weighted by Gasteiger charge is 2.21. The Morgan fingerprint density at radius 3 is 2.48 bits per heavy atom. The van der Waals surface area contributed by atoms with Gasteiger partial charge < -0.3 is 10.0 Å². The molecule has 3 aromatic rings. The predicted molar refractivity (Wildman–Crippen MR) is 107 cm³/mol. The van der Waals surface area contributed by atoms with E-state index in [0.29, 0.717) is 5.52 Å². The summed E-state index contributed by atoms with van der Waals surface area (Å²) in [6.07, 6.45) is 0. The Bertz CT molecular complexity index is 964. The van der Waals surface area contributed by atoms with E-state index in [2.05, 4.69) is 45.1 Å². The van der Waals surface area contributed by atoms with E-state index in [1.54, 1.807) is 12.1 Å². The Morgan fingerprint density at radius 1 is 1.04 bits per heavy atom. The molecule has 0 atom stereocenters. The lowest BCUT2D eigenvalue weighted by Crippen LogP contribution is -2.46. The molecular formula is C22H23N3O2. The van der Waals surface area contributed by atoms with Crippen LogP contribution in [-0.2, 0) is 6.54 Å². The van der Waals surface area contributed by atoms with Crippen LogP contribution in [0.15, 0.2) is 54.6 Å². The first-order valence-corrected chi connectivity index (χ1v) is 9.27. The fraction of sp³-hybridized carbons (Fsp3) is 0.273. The first-order valence-electron chi connectivity index (χ1n) is 9.27. The molecule has 0 radical (unpaired) electrons. The Balaban J connectivity index is 1.57. The number of anilines is 1. The fourth-order valence-electron chi connectivity index (χ4n) is 3.78. The summed E-state index contributed by atoms with van der Waals surface area (Å²) >= 11 is 0. The number of piperazine rings is 1. The van der Waals surface area contributed by atoms with Crippen molar-refractivity contribution in [2.45, 2.75) is 13.5 Å². The molecule has 1 aliphatic heterocycles. The summed E-state index contributed by atoms with van der Waals surface area (Å²) in [5, 5.41) is 10.4. The van der Waals surface area contributed by atoms with E-state index in [9.17, 15) is 9.90 Å². The number of para-hydroxylation sites is 1. The maximum atomic E-state index is 11.6. The van der Waals surface area contributed by atoms with Gasteiger partial charge in [-0.2, -0.15) is 0 Å². The average Bonchev–Trinajstić information content (AvgIpc) is 2.68. The van der Waals surface area contributed by atoms with Crippen molar-refractivity contribution < 1.29 is 9.90 Å². The third kappa shape index (κ3) is 3.64. The molecule has 1 fully saturated rings. The van der Waals surface area contributed by atoms with Gasteiger partial charge in [0.1, 0.15) is 0 Å². The van der Waals surface area contributed by atoms with Gasteiger partial charge in [-0.15, -0.1) is 0 Å². The molecule has 0 saturated carbocycles. The number of hydrogen-bond donors (Lipinski definition) is 1. The van der Waals surface area contributed by atoms with Gasteiger partial charge in [0.2, 0.25) is 0 Å². The van der Waals surface area contributed by atoms with E-state index in [1.807, 2.05) is 19.1 Å². The number of rotatable bonds is 4. The molecule has 1 N–H and O–H groups in total. The van der Waals surface area contributed by atoms with Gasteiger partial charge >= 0.3 is 5.97 Å². The average molecular weight is 361 g/mol. The second-order valence-electron chi connectivity index (χ2n) is 7.04. The molecule has 0 aliphatic carbocycles. The quantitative estimate of drug-likeness (QED) is 0.770. The zero-order chi connectivity index (χ0) is 18.8. The summed E-state index contributed by atoms with van der Waals surface area (Å²) in [6.45, 7) is 6.69. The molecule has 2 aromatic carbocycles. The summed E-state index contributed by atoms with van der Waals surface area (Å²) in [5.74, 6) is -0.933. The van der Waals surface area contributed by atoms with Crippen LogP contribution in [0.1, 0.15) is 21.6 Å². The molecule has 2 heterocycles. The van der Waals surface area contributed by atoms with Crippen molar-refractivity contribution >= 4 is 22.6 Å². The summed E-state index contributed by atoms with van der Waals surface area (Å²) < 4.78 is 0. The third-order valence-electron chi connectivity index (χ3n) is 5.14. The molecule has 5 heteroatoms. The lowest BCUT2D eigenvalue weighted by atomic mass is 10.1. The molecule has 0 spiro atoms. The number of aryl methyl sites for hydroxylation is 1. The number of hydrogen-bond acceptors (Lipinski definition) is 4. The summed E-state index contributed by atoms with van der Waals surface area (Å²) in [6, 6.07) is 18.0. The molecule has 0 amide bonds. The number of benzene rings is 2. The zero-order valence-corrected chi connectivity index (χ0v) is 15.4. The summed E-state index contributed by atoms with van der Waals surface area (Å²) in [4.78, 5) is 20.9. The van der Waals surface area contributed by atoms with Crippen molar-refractivity contribution in [3.8, 4) is 0 Å². The summed E-state index contributed by atoms with van der Waals surface area (Å²) in [7, 11) is 0. The maximum Gasteiger partial charge on any atom is 0.337 e. The third-order valence-corrected chi connectivity index (χ3v) is 5.14. The first kappa shape index (κ1) is 17.5. The number of carbonyl (C=O) groups is 1. The highest BCUT2D eigenvalue weighted by atomic mass is 16.4. The van der Waals surface area contributed by atoms with Crippen molar-refractivity contribution in [2.75, 3.05) is 31.1 Å². The van der Waals surface area contributed by atoms with Gasteiger partial charge in [0.15, 0.2) is 0 Å².